The standard InChI is InChI=1S/C16H25NO2/c1-5-12(2)13(3)17(4)11-10-14-8-6-7-9-15(14)16(18)19/h6-9,12-13H,5,10-11H2,1-4H3,(H,18,19). The van der Waals surface area contributed by atoms with Crippen LogP contribution in [-0.2, 0) is 6.42 Å². The van der Waals surface area contributed by atoms with Crippen molar-refractivity contribution in [3.05, 3.63) is 35.4 Å². The van der Waals surface area contributed by atoms with Gasteiger partial charge in [0.05, 0.1) is 5.56 Å². The highest BCUT2D eigenvalue weighted by molar-refractivity contribution is 5.89. The predicted molar refractivity (Wildman–Crippen MR) is 78.7 cm³/mol. The summed E-state index contributed by atoms with van der Waals surface area (Å²) in [4.78, 5) is 13.5. The van der Waals surface area contributed by atoms with Gasteiger partial charge in [0.25, 0.3) is 0 Å². The van der Waals surface area contributed by atoms with Gasteiger partial charge >= 0.3 is 5.97 Å². The molecule has 0 heterocycles. The van der Waals surface area contributed by atoms with Gasteiger partial charge in [-0.2, -0.15) is 0 Å². The Kier molecular flexibility index (Phi) is 6.03. The zero-order valence-electron chi connectivity index (χ0n) is 12.4. The highest BCUT2D eigenvalue weighted by Gasteiger charge is 2.16. The van der Waals surface area contributed by atoms with Gasteiger partial charge in [0, 0.05) is 12.6 Å². The Hall–Kier alpha value is -1.35. The number of benzene rings is 1. The largest absolute Gasteiger partial charge is 0.478 e. The number of hydrogen-bond acceptors (Lipinski definition) is 2. The molecule has 0 bridgehead atoms. The minimum Gasteiger partial charge on any atom is -0.478 e. The fourth-order valence-electron chi connectivity index (χ4n) is 2.22. The van der Waals surface area contributed by atoms with Gasteiger partial charge in [-0.3, -0.25) is 0 Å². The van der Waals surface area contributed by atoms with Crippen LogP contribution in [0.15, 0.2) is 24.3 Å². The monoisotopic (exact) mass is 263 g/mol. The van der Waals surface area contributed by atoms with E-state index in [1.807, 2.05) is 12.1 Å². The van der Waals surface area contributed by atoms with Crippen LogP contribution in [0.3, 0.4) is 0 Å². The summed E-state index contributed by atoms with van der Waals surface area (Å²) in [5, 5.41) is 9.15. The number of hydrogen-bond donors (Lipinski definition) is 1. The molecule has 1 aromatic rings. The molecule has 0 amide bonds. The lowest BCUT2D eigenvalue weighted by Gasteiger charge is -2.29. The Balaban J connectivity index is 2.64. The smallest absolute Gasteiger partial charge is 0.335 e. The number of carboxylic acid groups (broad SMARTS) is 1. The maximum absolute atomic E-state index is 11.1. The third kappa shape index (κ3) is 4.35. The molecule has 0 aliphatic rings. The minimum atomic E-state index is -0.840. The van der Waals surface area contributed by atoms with Crippen LogP contribution in [0, 0.1) is 5.92 Å². The van der Waals surface area contributed by atoms with Crippen molar-refractivity contribution in [2.45, 2.75) is 39.7 Å². The second kappa shape index (κ2) is 7.29. The second-order valence-corrected chi connectivity index (χ2v) is 5.32. The second-order valence-electron chi connectivity index (χ2n) is 5.32. The van der Waals surface area contributed by atoms with Crippen LogP contribution >= 0.6 is 0 Å². The first-order chi connectivity index (χ1) is 8.97. The van der Waals surface area contributed by atoms with Gasteiger partial charge < -0.3 is 10.0 Å². The van der Waals surface area contributed by atoms with Gasteiger partial charge in [-0.25, -0.2) is 4.79 Å². The van der Waals surface area contributed by atoms with Crippen molar-refractivity contribution in [2.24, 2.45) is 5.92 Å². The lowest BCUT2D eigenvalue weighted by atomic mass is 9.98. The summed E-state index contributed by atoms with van der Waals surface area (Å²) >= 11 is 0. The molecule has 0 saturated carbocycles. The SMILES string of the molecule is CCC(C)C(C)N(C)CCc1ccccc1C(=O)O. The van der Waals surface area contributed by atoms with E-state index in [1.54, 1.807) is 12.1 Å². The van der Waals surface area contributed by atoms with Crippen LogP contribution in [-0.4, -0.2) is 35.6 Å². The van der Waals surface area contributed by atoms with Crippen molar-refractivity contribution in [1.29, 1.82) is 0 Å². The topological polar surface area (TPSA) is 40.5 Å². The molecule has 1 rings (SSSR count). The summed E-state index contributed by atoms with van der Waals surface area (Å²) < 4.78 is 0. The quantitative estimate of drug-likeness (QED) is 0.820. The maximum Gasteiger partial charge on any atom is 0.335 e. The zero-order chi connectivity index (χ0) is 14.4. The zero-order valence-corrected chi connectivity index (χ0v) is 12.4. The fourth-order valence-corrected chi connectivity index (χ4v) is 2.22. The lowest BCUT2D eigenvalue weighted by Crippen LogP contribution is -2.35. The summed E-state index contributed by atoms with van der Waals surface area (Å²) in [7, 11) is 2.11. The van der Waals surface area contributed by atoms with E-state index < -0.39 is 5.97 Å². The van der Waals surface area contributed by atoms with Crippen molar-refractivity contribution in [2.75, 3.05) is 13.6 Å². The molecule has 1 N–H and O–H groups in total. The van der Waals surface area contributed by atoms with E-state index in [0.717, 1.165) is 24.9 Å². The van der Waals surface area contributed by atoms with Crippen LogP contribution in [0.5, 0.6) is 0 Å². The van der Waals surface area contributed by atoms with Gasteiger partial charge in [0.2, 0.25) is 0 Å². The minimum absolute atomic E-state index is 0.423. The predicted octanol–water partition coefficient (Wildman–Crippen LogP) is 3.29. The van der Waals surface area contributed by atoms with Crippen LogP contribution in [0.4, 0.5) is 0 Å². The average molecular weight is 263 g/mol. The average Bonchev–Trinajstić information content (AvgIpc) is 2.43. The van der Waals surface area contributed by atoms with E-state index in [-0.39, 0.29) is 0 Å². The number of nitrogens with zero attached hydrogens (tertiary/aromatic N) is 1. The summed E-state index contributed by atoms with van der Waals surface area (Å²) in [5.41, 5.74) is 1.34. The van der Waals surface area contributed by atoms with E-state index in [9.17, 15) is 4.79 Å². The molecule has 1 aromatic carbocycles. The van der Waals surface area contributed by atoms with Gasteiger partial charge in [-0.15, -0.1) is 0 Å². The lowest BCUT2D eigenvalue weighted by molar-refractivity contribution is 0.0695. The van der Waals surface area contributed by atoms with Crippen LogP contribution in [0.25, 0.3) is 0 Å². The number of carbonyl (C=O) groups is 1. The molecule has 2 unspecified atom stereocenters. The Morgan fingerprint density at radius 2 is 1.95 bits per heavy atom. The molecule has 106 valence electrons. The fraction of sp³-hybridized carbons (Fsp3) is 0.562. The highest BCUT2D eigenvalue weighted by Crippen LogP contribution is 2.15. The molecule has 0 fully saturated rings. The third-order valence-electron chi connectivity index (χ3n) is 4.14. The first kappa shape index (κ1) is 15.7. The number of rotatable bonds is 7. The molecule has 3 heteroatoms. The first-order valence-electron chi connectivity index (χ1n) is 6.98. The molecule has 0 radical (unpaired) electrons. The number of aromatic carboxylic acids is 1. The van der Waals surface area contributed by atoms with Gasteiger partial charge in [0.1, 0.15) is 0 Å². The Morgan fingerprint density at radius 3 is 2.53 bits per heavy atom. The Bertz CT molecular complexity index is 417. The third-order valence-corrected chi connectivity index (χ3v) is 4.14. The molecule has 19 heavy (non-hydrogen) atoms. The van der Waals surface area contributed by atoms with Crippen molar-refractivity contribution in [3.8, 4) is 0 Å². The molecular formula is C16H25NO2. The molecule has 0 spiro atoms. The Morgan fingerprint density at radius 1 is 1.32 bits per heavy atom. The van der Waals surface area contributed by atoms with Crippen molar-refractivity contribution < 1.29 is 9.90 Å². The van der Waals surface area contributed by atoms with Gasteiger partial charge in [0.15, 0.2) is 0 Å². The number of carboxylic acids is 1. The van der Waals surface area contributed by atoms with Gasteiger partial charge in [-0.1, -0.05) is 38.5 Å². The molecular weight excluding hydrogens is 238 g/mol. The van der Waals surface area contributed by atoms with E-state index in [0.29, 0.717) is 17.5 Å². The van der Waals surface area contributed by atoms with Crippen LogP contribution < -0.4 is 0 Å². The molecule has 3 nitrogen and oxygen atoms in total. The Labute approximate surface area is 116 Å². The van der Waals surface area contributed by atoms with Crippen molar-refractivity contribution >= 4 is 5.97 Å². The van der Waals surface area contributed by atoms with Crippen LogP contribution in [0.2, 0.25) is 0 Å². The summed E-state index contributed by atoms with van der Waals surface area (Å²) in [6, 6.07) is 7.78. The number of likely N-dealkylation sites (N-methyl/N-ethyl adjacent to an activating group) is 1. The van der Waals surface area contributed by atoms with Crippen LogP contribution in [0.1, 0.15) is 43.1 Å². The van der Waals surface area contributed by atoms with E-state index >= 15 is 0 Å². The first-order valence-corrected chi connectivity index (χ1v) is 6.98. The summed E-state index contributed by atoms with van der Waals surface area (Å²) in [6.45, 7) is 7.58. The summed E-state index contributed by atoms with van der Waals surface area (Å²) in [5.74, 6) is -0.187. The molecule has 2 atom stereocenters. The normalized spacial score (nSPS) is 14.4. The van der Waals surface area contributed by atoms with Gasteiger partial charge in [-0.05, 0) is 37.9 Å². The summed E-state index contributed by atoms with van der Waals surface area (Å²) in [6.07, 6.45) is 1.94. The molecule has 0 aliphatic heterocycles. The maximum atomic E-state index is 11.1. The molecule has 0 saturated heterocycles. The van der Waals surface area contributed by atoms with E-state index in [1.165, 1.54) is 0 Å². The van der Waals surface area contributed by atoms with Crippen molar-refractivity contribution in [3.63, 3.8) is 0 Å². The van der Waals surface area contributed by atoms with E-state index in [4.69, 9.17) is 5.11 Å². The molecule has 0 aromatic heterocycles. The highest BCUT2D eigenvalue weighted by atomic mass is 16.4. The molecule has 0 aliphatic carbocycles. The van der Waals surface area contributed by atoms with Crippen molar-refractivity contribution in [1.82, 2.24) is 4.90 Å². The van der Waals surface area contributed by atoms with E-state index in [2.05, 4.69) is 32.7 Å².